The molecule has 0 spiro atoms. The number of carbonyl (C=O) groups is 1. The van der Waals surface area contributed by atoms with Crippen molar-refractivity contribution in [1.82, 2.24) is 20.2 Å². The van der Waals surface area contributed by atoms with Crippen LogP contribution in [0.3, 0.4) is 0 Å². The molecule has 0 unspecified atom stereocenters. The van der Waals surface area contributed by atoms with Crippen LogP contribution in [0.25, 0.3) is 17.1 Å². The zero-order valence-corrected chi connectivity index (χ0v) is 20.1. The number of aromatic nitrogens is 3. The molecular formula is C23H16BrClFN5OS. The Morgan fingerprint density at radius 2 is 1.88 bits per heavy atom. The van der Waals surface area contributed by atoms with Gasteiger partial charge in [0.15, 0.2) is 11.0 Å². The summed E-state index contributed by atoms with van der Waals surface area (Å²) in [5.41, 5.74) is 4.36. The highest BCUT2D eigenvalue weighted by atomic mass is 79.9. The predicted octanol–water partition coefficient (Wildman–Crippen LogP) is 5.73. The number of nitrogens with zero attached hydrogens (tertiary/aromatic N) is 4. The molecular weight excluding hydrogens is 529 g/mol. The van der Waals surface area contributed by atoms with Crippen LogP contribution in [0.1, 0.15) is 5.56 Å². The van der Waals surface area contributed by atoms with Crippen molar-refractivity contribution in [2.75, 3.05) is 5.75 Å². The van der Waals surface area contributed by atoms with E-state index in [0.717, 1.165) is 11.3 Å². The Balaban J connectivity index is 1.50. The van der Waals surface area contributed by atoms with Crippen molar-refractivity contribution in [3.63, 3.8) is 0 Å². The zero-order chi connectivity index (χ0) is 23.2. The standard InChI is InChI=1S/C23H16BrClFN5OS/c24-17-6-11-20(26)16(12-17)13-27-28-21(32)14-33-23-30-29-22(15-4-2-1-3-5-15)31(23)19-9-7-18(25)8-10-19/h1-13H,14H2,(H,28,32)/b27-13-. The summed E-state index contributed by atoms with van der Waals surface area (Å²) >= 11 is 10.5. The van der Waals surface area contributed by atoms with Crippen molar-refractivity contribution < 1.29 is 9.18 Å². The van der Waals surface area contributed by atoms with Crippen LogP contribution in [0.2, 0.25) is 5.02 Å². The minimum Gasteiger partial charge on any atom is -0.272 e. The maximum Gasteiger partial charge on any atom is 0.250 e. The maximum absolute atomic E-state index is 13.8. The minimum atomic E-state index is -0.435. The molecule has 0 aliphatic rings. The second kappa shape index (κ2) is 10.7. The average molecular weight is 545 g/mol. The molecule has 4 aromatic rings. The Morgan fingerprint density at radius 3 is 2.64 bits per heavy atom. The summed E-state index contributed by atoms with van der Waals surface area (Å²) in [4.78, 5) is 12.3. The Hall–Kier alpha value is -3.01. The normalized spacial score (nSPS) is 11.1. The zero-order valence-electron chi connectivity index (χ0n) is 17.0. The van der Waals surface area contributed by atoms with Gasteiger partial charge in [0, 0.05) is 26.3 Å². The van der Waals surface area contributed by atoms with E-state index in [-0.39, 0.29) is 17.2 Å². The molecule has 1 N–H and O–H groups in total. The molecule has 33 heavy (non-hydrogen) atoms. The fourth-order valence-corrected chi connectivity index (χ4v) is 4.16. The monoisotopic (exact) mass is 543 g/mol. The van der Waals surface area contributed by atoms with Crippen LogP contribution < -0.4 is 5.43 Å². The number of amides is 1. The number of benzene rings is 3. The van der Waals surface area contributed by atoms with Gasteiger partial charge in [-0.25, -0.2) is 9.82 Å². The van der Waals surface area contributed by atoms with Crippen LogP contribution in [-0.2, 0) is 4.79 Å². The molecule has 10 heteroatoms. The largest absolute Gasteiger partial charge is 0.272 e. The van der Waals surface area contributed by atoms with Gasteiger partial charge in [0.2, 0.25) is 0 Å². The first kappa shape index (κ1) is 23.2. The second-order valence-electron chi connectivity index (χ2n) is 6.73. The van der Waals surface area contributed by atoms with Gasteiger partial charge in [0.1, 0.15) is 5.82 Å². The molecule has 0 saturated heterocycles. The first-order valence-electron chi connectivity index (χ1n) is 9.68. The lowest BCUT2D eigenvalue weighted by atomic mass is 10.2. The molecule has 1 amide bonds. The first-order chi connectivity index (χ1) is 16.0. The van der Waals surface area contributed by atoms with E-state index in [1.807, 2.05) is 47.0 Å². The molecule has 0 radical (unpaired) electrons. The highest BCUT2D eigenvalue weighted by Gasteiger charge is 2.17. The molecule has 1 heterocycles. The molecule has 0 aliphatic carbocycles. The first-order valence-corrected chi connectivity index (χ1v) is 11.8. The Kier molecular flexibility index (Phi) is 7.54. The molecule has 0 atom stereocenters. The lowest BCUT2D eigenvalue weighted by Crippen LogP contribution is -2.20. The molecule has 6 nitrogen and oxygen atoms in total. The summed E-state index contributed by atoms with van der Waals surface area (Å²) in [6, 6.07) is 21.4. The second-order valence-corrected chi connectivity index (χ2v) is 9.03. The minimum absolute atomic E-state index is 0.0405. The fourth-order valence-electron chi connectivity index (χ4n) is 2.91. The van der Waals surface area contributed by atoms with Gasteiger partial charge in [0.25, 0.3) is 5.91 Å². The lowest BCUT2D eigenvalue weighted by molar-refractivity contribution is -0.118. The van der Waals surface area contributed by atoms with Crippen molar-refractivity contribution in [2.45, 2.75) is 5.16 Å². The van der Waals surface area contributed by atoms with Gasteiger partial charge in [-0.15, -0.1) is 10.2 Å². The van der Waals surface area contributed by atoms with Crippen LogP contribution in [0.5, 0.6) is 0 Å². The van der Waals surface area contributed by atoms with Crippen molar-refractivity contribution in [1.29, 1.82) is 0 Å². The molecule has 4 rings (SSSR count). The highest BCUT2D eigenvalue weighted by Crippen LogP contribution is 2.28. The number of hydrazone groups is 1. The maximum atomic E-state index is 13.8. The molecule has 0 aliphatic heterocycles. The van der Waals surface area contributed by atoms with Crippen LogP contribution >= 0.6 is 39.3 Å². The summed E-state index contributed by atoms with van der Waals surface area (Å²) < 4.78 is 16.4. The van der Waals surface area contributed by atoms with E-state index in [1.54, 1.807) is 24.3 Å². The molecule has 0 bridgehead atoms. The number of halogens is 3. The fraction of sp³-hybridized carbons (Fsp3) is 0.0435. The van der Waals surface area contributed by atoms with E-state index in [4.69, 9.17) is 11.6 Å². The number of rotatable bonds is 7. The van der Waals surface area contributed by atoms with Gasteiger partial charge >= 0.3 is 0 Å². The number of carbonyl (C=O) groups excluding carboxylic acids is 1. The topological polar surface area (TPSA) is 72.2 Å². The van der Waals surface area contributed by atoms with Gasteiger partial charge in [-0.2, -0.15) is 5.10 Å². The number of thioether (sulfide) groups is 1. The third kappa shape index (κ3) is 5.87. The lowest BCUT2D eigenvalue weighted by Gasteiger charge is -2.10. The van der Waals surface area contributed by atoms with Gasteiger partial charge in [-0.05, 0) is 42.5 Å². The van der Waals surface area contributed by atoms with Gasteiger partial charge in [-0.1, -0.05) is 69.6 Å². The summed E-state index contributed by atoms with van der Waals surface area (Å²) in [5.74, 6) is -0.114. The molecule has 0 saturated carbocycles. The summed E-state index contributed by atoms with van der Waals surface area (Å²) in [5, 5.41) is 13.6. The summed E-state index contributed by atoms with van der Waals surface area (Å²) in [7, 11) is 0. The van der Waals surface area contributed by atoms with E-state index in [0.29, 0.717) is 20.5 Å². The van der Waals surface area contributed by atoms with Crippen LogP contribution in [0.4, 0.5) is 4.39 Å². The SMILES string of the molecule is O=C(CSc1nnc(-c2ccccc2)n1-c1ccc(Cl)cc1)N/N=C\c1cc(Br)ccc1F. The number of nitrogens with one attached hydrogen (secondary N) is 1. The number of hydrogen-bond acceptors (Lipinski definition) is 5. The quantitative estimate of drug-likeness (QED) is 0.183. The number of hydrogen-bond donors (Lipinski definition) is 1. The molecule has 1 aromatic heterocycles. The van der Waals surface area contributed by atoms with E-state index in [9.17, 15) is 9.18 Å². The summed E-state index contributed by atoms with van der Waals surface area (Å²) in [6.45, 7) is 0. The third-order valence-corrected chi connectivity index (χ3v) is 6.11. The van der Waals surface area contributed by atoms with Crippen molar-refractivity contribution >= 4 is 51.4 Å². The molecule has 166 valence electrons. The predicted molar refractivity (Wildman–Crippen MR) is 132 cm³/mol. The van der Waals surface area contributed by atoms with Gasteiger partial charge in [-0.3, -0.25) is 9.36 Å². The summed E-state index contributed by atoms with van der Waals surface area (Å²) in [6.07, 6.45) is 1.26. The van der Waals surface area contributed by atoms with Crippen molar-refractivity contribution in [2.24, 2.45) is 5.10 Å². The smallest absolute Gasteiger partial charge is 0.250 e. The molecule has 3 aromatic carbocycles. The highest BCUT2D eigenvalue weighted by molar-refractivity contribution is 9.10. The van der Waals surface area contributed by atoms with Gasteiger partial charge in [0.05, 0.1) is 12.0 Å². The Bertz CT molecular complexity index is 1300. The third-order valence-electron chi connectivity index (χ3n) is 4.43. The van der Waals surface area contributed by atoms with Crippen LogP contribution in [-0.4, -0.2) is 32.6 Å². The van der Waals surface area contributed by atoms with Crippen molar-refractivity contribution in [3.8, 4) is 17.1 Å². The van der Waals surface area contributed by atoms with E-state index in [2.05, 4.69) is 36.7 Å². The molecule has 0 fully saturated rings. The van der Waals surface area contributed by atoms with E-state index < -0.39 is 5.82 Å². The Morgan fingerprint density at radius 1 is 1.12 bits per heavy atom. The van der Waals surface area contributed by atoms with Crippen LogP contribution in [0.15, 0.2) is 87.5 Å². The van der Waals surface area contributed by atoms with Crippen molar-refractivity contribution in [3.05, 3.63) is 93.7 Å². The Labute approximate surface area is 207 Å². The van der Waals surface area contributed by atoms with Gasteiger partial charge < -0.3 is 0 Å². The van der Waals surface area contributed by atoms with E-state index >= 15 is 0 Å². The average Bonchev–Trinajstić information content (AvgIpc) is 3.25. The van der Waals surface area contributed by atoms with E-state index in [1.165, 1.54) is 24.0 Å². The van der Waals surface area contributed by atoms with Crippen LogP contribution in [0, 0.1) is 5.82 Å².